The van der Waals surface area contributed by atoms with Gasteiger partial charge in [0.2, 0.25) is 0 Å². The Morgan fingerprint density at radius 2 is 1.72 bits per heavy atom. The fourth-order valence-electron chi connectivity index (χ4n) is 2.53. The molecule has 3 rings (SSSR count). The summed E-state index contributed by atoms with van der Waals surface area (Å²) in [6, 6.07) is 16.6. The van der Waals surface area contributed by atoms with Crippen molar-refractivity contribution in [3.8, 4) is 5.75 Å². The maximum Gasteiger partial charge on any atom is 0.265 e. The quantitative estimate of drug-likeness (QED) is 0.619. The van der Waals surface area contributed by atoms with Gasteiger partial charge in [-0.15, -0.1) is 0 Å². The molecule has 0 unspecified atom stereocenters. The molecule has 8 heteroatoms. The number of anilines is 2. The van der Waals surface area contributed by atoms with E-state index >= 15 is 0 Å². The SMILES string of the molecule is Cc1ccccc1O[C@@H](C)C(=O)Nc1ccc(S(=O)(=O)Nc2cccnc2)cc1. The molecule has 0 saturated carbocycles. The Morgan fingerprint density at radius 1 is 1.00 bits per heavy atom. The number of aryl methyl sites for hydroxylation is 1. The standard InChI is InChI=1S/C21H21N3O4S/c1-15-6-3-4-8-20(15)28-16(2)21(25)23-17-9-11-19(12-10-17)29(26,27)24-18-7-5-13-22-14-18/h3-14,16,24H,1-2H3,(H,23,25)/t16-/m0/s1. The van der Waals surface area contributed by atoms with Crippen LogP contribution in [0.5, 0.6) is 5.75 Å². The van der Waals surface area contributed by atoms with Crippen molar-refractivity contribution in [2.45, 2.75) is 24.8 Å². The van der Waals surface area contributed by atoms with Crippen molar-refractivity contribution in [2.24, 2.45) is 0 Å². The highest BCUT2D eigenvalue weighted by molar-refractivity contribution is 7.92. The maximum absolute atomic E-state index is 12.4. The van der Waals surface area contributed by atoms with Gasteiger partial charge in [0.15, 0.2) is 6.10 Å². The summed E-state index contributed by atoms with van der Waals surface area (Å²) in [5.41, 5.74) is 1.77. The lowest BCUT2D eigenvalue weighted by Crippen LogP contribution is -2.30. The van der Waals surface area contributed by atoms with Crippen molar-refractivity contribution in [1.29, 1.82) is 0 Å². The topological polar surface area (TPSA) is 97.4 Å². The van der Waals surface area contributed by atoms with Gasteiger partial charge >= 0.3 is 0 Å². The Balaban J connectivity index is 1.64. The summed E-state index contributed by atoms with van der Waals surface area (Å²) in [4.78, 5) is 16.3. The van der Waals surface area contributed by atoms with Gasteiger partial charge in [-0.05, 0) is 61.9 Å². The van der Waals surface area contributed by atoms with Crippen molar-refractivity contribution in [3.05, 3.63) is 78.6 Å². The number of benzene rings is 2. The monoisotopic (exact) mass is 411 g/mol. The van der Waals surface area contributed by atoms with E-state index < -0.39 is 16.1 Å². The lowest BCUT2D eigenvalue weighted by Gasteiger charge is -2.16. The molecule has 0 spiro atoms. The van der Waals surface area contributed by atoms with Crippen LogP contribution in [0.4, 0.5) is 11.4 Å². The van der Waals surface area contributed by atoms with Gasteiger partial charge in [-0.3, -0.25) is 14.5 Å². The highest BCUT2D eigenvalue weighted by Gasteiger charge is 2.17. The number of rotatable bonds is 7. The molecule has 0 aliphatic heterocycles. The Hall–Kier alpha value is -3.39. The molecular formula is C21H21N3O4S. The number of ether oxygens (including phenoxy) is 1. The number of pyridine rings is 1. The summed E-state index contributed by atoms with van der Waals surface area (Å²) >= 11 is 0. The summed E-state index contributed by atoms with van der Waals surface area (Å²) in [5.74, 6) is 0.301. The van der Waals surface area contributed by atoms with Gasteiger partial charge in [0.1, 0.15) is 5.75 Å². The molecule has 0 fully saturated rings. The molecule has 1 heterocycles. The van der Waals surface area contributed by atoms with Gasteiger partial charge in [-0.1, -0.05) is 18.2 Å². The number of aromatic nitrogens is 1. The third-order valence-electron chi connectivity index (χ3n) is 4.11. The Bertz CT molecular complexity index is 1080. The highest BCUT2D eigenvalue weighted by Crippen LogP contribution is 2.20. The zero-order chi connectivity index (χ0) is 20.9. The lowest BCUT2D eigenvalue weighted by molar-refractivity contribution is -0.122. The van der Waals surface area contributed by atoms with E-state index in [1.807, 2.05) is 25.1 Å². The van der Waals surface area contributed by atoms with Gasteiger partial charge in [0.25, 0.3) is 15.9 Å². The first-order chi connectivity index (χ1) is 13.8. The first-order valence-electron chi connectivity index (χ1n) is 8.91. The number of hydrogen-bond acceptors (Lipinski definition) is 5. The van der Waals surface area contributed by atoms with Gasteiger partial charge in [0.05, 0.1) is 16.8 Å². The molecule has 0 saturated heterocycles. The molecule has 150 valence electrons. The van der Waals surface area contributed by atoms with Gasteiger partial charge < -0.3 is 10.1 Å². The minimum absolute atomic E-state index is 0.0727. The van der Waals surface area contributed by atoms with Crippen molar-refractivity contribution >= 4 is 27.3 Å². The van der Waals surface area contributed by atoms with Crippen LogP contribution in [0, 0.1) is 6.92 Å². The van der Waals surface area contributed by atoms with Gasteiger partial charge in [-0.25, -0.2) is 8.42 Å². The molecule has 0 radical (unpaired) electrons. The van der Waals surface area contributed by atoms with Crippen molar-refractivity contribution in [2.75, 3.05) is 10.0 Å². The molecule has 2 aromatic carbocycles. The van der Waals surface area contributed by atoms with E-state index in [4.69, 9.17) is 4.74 Å². The molecule has 2 N–H and O–H groups in total. The number of para-hydroxylation sites is 1. The zero-order valence-corrected chi connectivity index (χ0v) is 16.8. The molecule has 1 aromatic heterocycles. The minimum Gasteiger partial charge on any atom is -0.481 e. The van der Waals surface area contributed by atoms with Crippen LogP contribution in [-0.4, -0.2) is 25.4 Å². The predicted octanol–water partition coefficient (Wildman–Crippen LogP) is 3.60. The number of amides is 1. The molecule has 0 aliphatic rings. The molecule has 0 bridgehead atoms. The van der Waals surface area contributed by atoms with E-state index in [1.54, 1.807) is 31.3 Å². The molecule has 3 aromatic rings. The van der Waals surface area contributed by atoms with Crippen LogP contribution in [0.25, 0.3) is 0 Å². The van der Waals surface area contributed by atoms with E-state index in [0.717, 1.165) is 5.56 Å². The normalized spacial score (nSPS) is 12.1. The largest absolute Gasteiger partial charge is 0.481 e. The number of sulfonamides is 1. The predicted molar refractivity (Wildman–Crippen MR) is 111 cm³/mol. The van der Waals surface area contributed by atoms with E-state index in [9.17, 15) is 13.2 Å². The molecule has 1 atom stereocenters. The fraction of sp³-hybridized carbons (Fsp3) is 0.143. The number of nitrogens with one attached hydrogen (secondary N) is 2. The number of hydrogen-bond donors (Lipinski definition) is 2. The highest BCUT2D eigenvalue weighted by atomic mass is 32.2. The lowest BCUT2D eigenvalue weighted by atomic mass is 10.2. The minimum atomic E-state index is -3.75. The molecule has 0 aliphatic carbocycles. The first-order valence-corrected chi connectivity index (χ1v) is 10.4. The third kappa shape index (κ3) is 5.32. The Labute approximate surface area is 169 Å². The second kappa shape index (κ2) is 8.74. The Kier molecular flexibility index (Phi) is 6.13. The molecule has 29 heavy (non-hydrogen) atoms. The van der Waals surface area contributed by atoms with Crippen molar-refractivity contribution in [1.82, 2.24) is 4.98 Å². The van der Waals surface area contributed by atoms with Crippen LogP contribution in [0.3, 0.4) is 0 Å². The van der Waals surface area contributed by atoms with E-state index in [-0.39, 0.29) is 10.8 Å². The molecule has 1 amide bonds. The van der Waals surface area contributed by atoms with E-state index in [2.05, 4.69) is 15.0 Å². The second-order valence-corrected chi connectivity index (χ2v) is 8.07. The summed E-state index contributed by atoms with van der Waals surface area (Å²) < 4.78 is 33.0. The number of nitrogens with zero attached hydrogens (tertiary/aromatic N) is 1. The fourth-order valence-corrected chi connectivity index (χ4v) is 3.57. The van der Waals surface area contributed by atoms with Crippen LogP contribution in [0.1, 0.15) is 12.5 Å². The number of carbonyl (C=O) groups is 1. The van der Waals surface area contributed by atoms with Crippen LogP contribution >= 0.6 is 0 Å². The summed E-state index contributed by atoms with van der Waals surface area (Å²) in [5, 5.41) is 2.72. The van der Waals surface area contributed by atoms with Gasteiger partial charge in [0, 0.05) is 11.9 Å². The molecular weight excluding hydrogens is 390 g/mol. The van der Waals surface area contributed by atoms with Crippen LogP contribution in [-0.2, 0) is 14.8 Å². The smallest absolute Gasteiger partial charge is 0.265 e. The van der Waals surface area contributed by atoms with Crippen molar-refractivity contribution in [3.63, 3.8) is 0 Å². The summed E-state index contributed by atoms with van der Waals surface area (Å²) in [7, 11) is -3.75. The van der Waals surface area contributed by atoms with Crippen LogP contribution in [0.2, 0.25) is 0 Å². The second-order valence-electron chi connectivity index (χ2n) is 6.39. The zero-order valence-electron chi connectivity index (χ0n) is 16.0. The first kappa shape index (κ1) is 20.3. The van der Waals surface area contributed by atoms with Crippen molar-refractivity contribution < 1.29 is 17.9 Å². The third-order valence-corrected chi connectivity index (χ3v) is 5.51. The number of carbonyl (C=O) groups excluding carboxylic acids is 1. The maximum atomic E-state index is 12.4. The van der Waals surface area contributed by atoms with E-state index in [0.29, 0.717) is 17.1 Å². The van der Waals surface area contributed by atoms with Crippen LogP contribution < -0.4 is 14.8 Å². The average Bonchev–Trinajstić information content (AvgIpc) is 2.70. The van der Waals surface area contributed by atoms with E-state index in [1.165, 1.54) is 30.5 Å². The Morgan fingerprint density at radius 3 is 2.38 bits per heavy atom. The summed E-state index contributed by atoms with van der Waals surface area (Å²) in [6.07, 6.45) is 2.26. The van der Waals surface area contributed by atoms with Gasteiger partial charge in [-0.2, -0.15) is 0 Å². The summed E-state index contributed by atoms with van der Waals surface area (Å²) in [6.45, 7) is 3.55. The average molecular weight is 411 g/mol. The molecule has 7 nitrogen and oxygen atoms in total. The van der Waals surface area contributed by atoms with Crippen LogP contribution in [0.15, 0.2) is 78.0 Å².